The third-order valence-electron chi connectivity index (χ3n) is 1.98. The Hall–Kier alpha value is -1.64. The Morgan fingerprint density at radius 3 is 2.47 bits per heavy atom. The average molecular weight is 206 g/mol. The summed E-state index contributed by atoms with van der Waals surface area (Å²) in [6.07, 6.45) is 0.254. The van der Waals surface area contributed by atoms with Gasteiger partial charge in [-0.1, -0.05) is 37.3 Å². The lowest BCUT2D eigenvalue weighted by molar-refractivity contribution is -0.147. The summed E-state index contributed by atoms with van der Waals surface area (Å²) in [5.74, 6) is -0.543. The SMILES string of the molecule is CCC(=O)CC(=O)OCc1ccccc1. The zero-order valence-corrected chi connectivity index (χ0v) is 8.73. The first-order chi connectivity index (χ1) is 7.22. The summed E-state index contributed by atoms with van der Waals surface area (Å²) in [7, 11) is 0. The monoisotopic (exact) mass is 206 g/mol. The number of carbonyl (C=O) groups is 2. The topological polar surface area (TPSA) is 43.4 Å². The van der Waals surface area contributed by atoms with Crippen LogP contribution in [0.4, 0.5) is 0 Å². The van der Waals surface area contributed by atoms with Gasteiger partial charge < -0.3 is 4.74 Å². The Morgan fingerprint density at radius 2 is 1.87 bits per heavy atom. The van der Waals surface area contributed by atoms with Crippen LogP contribution in [0.1, 0.15) is 25.3 Å². The highest BCUT2D eigenvalue weighted by atomic mass is 16.5. The van der Waals surface area contributed by atoms with Crippen molar-refractivity contribution in [3.63, 3.8) is 0 Å². The van der Waals surface area contributed by atoms with E-state index in [0.29, 0.717) is 6.42 Å². The largest absolute Gasteiger partial charge is 0.460 e. The van der Waals surface area contributed by atoms with E-state index in [-0.39, 0.29) is 18.8 Å². The van der Waals surface area contributed by atoms with Gasteiger partial charge in [0, 0.05) is 6.42 Å². The van der Waals surface area contributed by atoms with Crippen molar-refractivity contribution in [1.82, 2.24) is 0 Å². The number of benzene rings is 1. The van der Waals surface area contributed by atoms with Crippen LogP contribution in [-0.4, -0.2) is 11.8 Å². The van der Waals surface area contributed by atoms with E-state index in [1.165, 1.54) is 0 Å². The number of ketones is 1. The molecule has 0 saturated heterocycles. The van der Waals surface area contributed by atoms with Gasteiger partial charge in [0.25, 0.3) is 0 Å². The first-order valence-electron chi connectivity index (χ1n) is 4.93. The standard InChI is InChI=1S/C12H14O3/c1-2-11(13)8-12(14)15-9-10-6-4-3-5-7-10/h3-7H,2,8-9H2,1H3. The maximum Gasteiger partial charge on any atom is 0.313 e. The molecule has 1 aromatic carbocycles. The van der Waals surface area contributed by atoms with Gasteiger partial charge in [0.2, 0.25) is 0 Å². The molecule has 0 fully saturated rings. The third-order valence-corrected chi connectivity index (χ3v) is 1.98. The number of esters is 1. The van der Waals surface area contributed by atoms with Crippen molar-refractivity contribution in [2.24, 2.45) is 0 Å². The smallest absolute Gasteiger partial charge is 0.313 e. The second-order valence-electron chi connectivity index (χ2n) is 3.22. The number of carbonyl (C=O) groups excluding carboxylic acids is 2. The first kappa shape index (κ1) is 11.4. The van der Waals surface area contributed by atoms with E-state index in [9.17, 15) is 9.59 Å². The number of Topliss-reactive ketones (excluding diaryl/α,β-unsaturated/α-hetero) is 1. The average Bonchev–Trinajstić information content (AvgIpc) is 2.27. The van der Waals surface area contributed by atoms with E-state index in [1.807, 2.05) is 30.3 Å². The Kier molecular flexibility index (Phi) is 4.54. The minimum Gasteiger partial charge on any atom is -0.460 e. The van der Waals surface area contributed by atoms with Gasteiger partial charge in [-0.05, 0) is 5.56 Å². The van der Waals surface area contributed by atoms with Crippen molar-refractivity contribution < 1.29 is 14.3 Å². The maximum atomic E-state index is 11.1. The van der Waals surface area contributed by atoms with Crippen molar-refractivity contribution in [3.8, 4) is 0 Å². The van der Waals surface area contributed by atoms with Crippen molar-refractivity contribution in [1.29, 1.82) is 0 Å². The highest BCUT2D eigenvalue weighted by molar-refractivity contribution is 5.95. The Bertz CT molecular complexity index is 330. The minimum atomic E-state index is -0.453. The fourth-order valence-corrected chi connectivity index (χ4v) is 1.08. The van der Waals surface area contributed by atoms with Crippen LogP contribution in [0.5, 0.6) is 0 Å². The van der Waals surface area contributed by atoms with Gasteiger partial charge in [0.1, 0.15) is 18.8 Å². The normalized spacial score (nSPS) is 9.67. The molecule has 1 rings (SSSR count). The molecule has 1 aromatic rings. The first-order valence-corrected chi connectivity index (χ1v) is 4.93. The van der Waals surface area contributed by atoms with E-state index in [4.69, 9.17) is 4.74 Å². The molecule has 0 saturated carbocycles. The van der Waals surface area contributed by atoms with Gasteiger partial charge in [-0.3, -0.25) is 9.59 Å². The highest BCUT2D eigenvalue weighted by Crippen LogP contribution is 2.02. The Balaban J connectivity index is 2.32. The fourth-order valence-electron chi connectivity index (χ4n) is 1.08. The molecule has 0 N–H and O–H groups in total. The van der Waals surface area contributed by atoms with E-state index in [1.54, 1.807) is 6.92 Å². The molecule has 0 atom stereocenters. The van der Waals surface area contributed by atoms with Gasteiger partial charge >= 0.3 is 5.97 Å². The van der Waals surface area contributed by atoms with Gasteiger partial charge in [0.05, 0.1) is 0 Å². The summed E-state index contributed by atoms with van der Waals surface area (Å²) in [6.45, 7) is 1.96. The molecular formula is C12H14O3. The highest BCUT2D eigenvalue weighted by Gasteiger charge is 2.08. The maximum absolute atomic E-state index is 11.1. The third kappa shape index (κ3) is 4.40. The second-order valence-corrected chi connectivity index (χ2v) is 3.22. The van der Waals surface area contributed by atoms with Crippen LogP contribution in [-0.2, 0) is 20.9 Å². The summed E-state index contributed by atoms with van der Waals surface area (Å²) in [4.78, 5) is 22.1. The molecule has 0 aliphatic rings. The van der Waals surface area contributed by atoms with Gasteiger partial charge in [-0.15, -0.1) is 0 Å². The number of hydrogen-bond donors (Lipinski definition) is 0. The van der Waals surface area contributed by atoms with Crippen LogP contribution >= 0.6 is 0 Å². The van der Waals surface area contributed by atoms with E-state index < -0.39 is 5.97 Å². The lowest BCUT2D eigenvalue weighted by atomic mass is 10.2. The molecule has 0 radical (unpaired) electrons. The van der Waals surface area contributed by atoms with Crippen molar-refractivity contribution >= 4 is 11.8 Å². The van der Waals surface area contributed by atoms with E-state index in [2.05, 4.69) is 0 Å². The molecule has 80 valence electrons. The molecule has 15 heavy (non-hydrogen) atoms. The molecule has 0 amide bonds. The molecule has 0 aliphatic heterocycles. The lowest BCUT2D eigenvalue weighted by Gasteiger charge is -2.03. The number of hydrogen-bond acceptors (Lipinski definition) is 3. The fraction of sp³-hybridized carbons (Fsp3) is 0.333. The van der Waals surface area contributed by atoms with Crippen LogP contribution in [0.2, 0.25) is 0 Å². The molecule has 3 nitrogen and oxygen atoms in total. The van der Waals surface area contributed by atoms with E-state index in [0.717, 1.165) is 5.56 Å². The molecular weight excluding hydrogens is 192 g/mol. The molecule has 0 spiro atoms. The Morgan fingerprint density at radius 1 is 1.20 bits per heavy atom. The summed E-state index contributed by atoms with van der Waals surface area (Å²) in [6, 6.07) is 9.39. The Labute approximate surface area is 89.1 Å². The summed E-state index contributed by atoms with van der Waals surface area (Å²) in [5.41, 5.74) is 0.926. The zero-order chi connectivity index (χ0) is 11.1. The molecule has 3 heteroatoms. The predicted molar refractivity (Wildman–Crippen MR) is 56.2 cm³/mol. The zero-order valence-electron chi connectivity index (χ0n) is 8.73. The molecule has 0 unspecified atom stereocenters. The molecule has 0 aromatic heterocycles. The second kappa shape index (κ2) is 5.96. The predicted octanol–water partition coefficient (Wildman–Crippen LogP) is 2.10. The van der Waals surface area contributed by atoms with E-state index >= 15 is 0 Å². The quantitative estimate of drug-likeness (QED) is 0.547. The number of rotatable bonds is 5. The lowest BCUT2D eigenvalue weighted by Crippen LogP contribution is -2.10. The van der Waals surface area contributed by atoms with Crippen molar-refractivity contribution in [2.75, 3.05) is 0 Å². The summed E-state index contributed by atoms with van der Waals surface area (Å²) < 4.78 is 4.94. The van der Waals surface area contributed by atoms with Crippen molar-refractivity contribution in [2.45, 2.75) is 26.4 Å². The van der Waals surface area contributed by atoms with Crippen LogP contribution in [0.15, 0.2) is 30.3 Å². The molecule has 0 aliphatic carbocycles. The van der Waals surface area contributed by atoms with Crippen LogP contribution in [0.25, 0.3) is 0 Å². The van der Waals surface area contributed by atoms with Gasteiger partial charge in [-0.2, -0.15) is 0 Å². The number of ether oxygens (including phenoxy) is 1. The van der Waals surface area contributed by atoms with Gasteiger partial charge in [-0.25, -0.2) is 0 Å². The summed E-state index contributed by atoms with van der Waals surface area (Å²) in [5, 5.41) is 0. The summed E-state index contributed by atoms with van der Waals surface area (Å²) >= 11 is 0. The van der Waals surface area contributed by atoms with Crippen LogP contribution < -0.4 is 0 Å². The van der Waals surface area contributed by atoms with Crippen molar-refractivity contribution in [3.05, 3.63) is 35.9 Å². The van der Waals surface area contributed by atoms with Crippen LogP contribution in [0.3, 0.4) is 0 Å². The minimum absolute atomic E-state index is 0.0898. The van der Waals surface area contributed by atoms with Gasteiger partial charge in [0.15, 0.2) is 0 Å². The molecule has 0 heterocycles. The van der Waals surface area contributed by atoms with Crippen LogP contribution in [0, 0.1) is 0 Å². The molecule has 0 bridgehead atoms.